The fourth-order valence-corrected chi connectivity index (χ4v) is 2.04. The first kappa shape index (κ1) is 14.3. The molecule has 20 heavy (non-hydrogen) atoms. The van der Waals surface area contributed by atoms with Crippen LogP contribution in [0.15, 0.2) is 46.9 Å². The van der Waals surface area contributed by atoms with Gasteiger partial charge in [0.05, 0.1) is 7.11 Å². The van der Waals surface area contributed by atoms with Crippen molar-refractivity contribution < 1.29 is 9.53 Å². The van der Waals surface area contributed by atoms with E-state index in [2.05, 4.69) is 15.9 Å². The molecule has 1 amide bonds. The number of hydrogen-bond donors (Lipinski definition) is 1. The third kappa shape index (κ3) is 3.48. The highest BCUT2D eigenvalue weighted by Gasteiger charge is 2.05. The maximum Gasteiger partial charge on any atom is 0.248 e. The van der Waals surface area contributed by atoms with E-state index in [4.69, 9.17) is 10.5 Å². The van der Waals surface area contributed by atoms with E-state index in [0.717, 1.165) is 15.6 Å². The lowest BCUT2D eigenvalue weighted by Crippen LogP contribution is -2.10. The van der Waals surface area contributed by atoms with Crippen LogP contribution in [0.2, 0.25) is 0 Å². The van der Waals surface area contributed by atoms with E-state index in [1.165, 1.54) is 0 Å². The number of ether oxygens (including phenoxy) is 1. The number of primary amides is 1. The quantitative estimate of drug-likeness (QED) is 0.868. The molecule has 0 saturated heterocycles. The van der Waals surface area contributed by atoms with Crippen LogP contribution < -0.4 is 10.5 Å². The molecule has 0 aliphatic heterocycles. The molecule has 0 bridgehead atoms. The zero-order valence-electron chi connectivity index (χ0n) is 11.0. The van der Waals surface area contributed by atoms with Crippen molar-refractivity contribution >= 4 is 34.0 Å². The van der Waals surface area contributed by atoms with Gasteiger partial charge in [0.1, 0.15) is 5.75 Å². The highest BCUT2D eigenvalue weighted by atomic mass is 79.9. The molecule has 0 heterocycles. The fourth-order valence-electron chi connectivity index (χ4n) is 1.78. The predicted octanol–water partition coefficient (Wildman–Crippen LogP) is 3.73. The van der Waals surface area contributed by atoms with Gasteiger partial charge in [-0.2, -0.15) is 0 Å². The lowest BCUT2D eigenvalue weighted by Gasteiger charge is -2.06. The van der Waals surface area contributed by atoms with Crippen LogP contribution in [-0.2, 0) is 0 Å². The summed E-state index contributed by atoms with van der Waals surface area (Å²) >= 11 is 3.39. The van der Waals surface area contributed by atoms with Gasteiger partial charge in [-0.15, -0.1) is 0 Å². The minimum atomic E-state index is -0.453. The first-order valence-corrected chi connectivity index (χ1v) is 6.81. The Bertz CT molecular complexity index is 648. The highest BCUT2D eigenvalue weighted by molar-refractivity contribution is 9.10. The molecule has 0 spiro atoms. The van der Waals surface area contributed by atoms with Crippen molar-refractivity contribution in [2.75, 3.05) is 7.11 Å². The summed E-state index contributed by atoms with van der Waals surface area (Å²) in [7, 11) is 1.59. The Morgan fingerprint density at radius 2 is 1.85 bits per heavy atom. The normalized spacial score (nSPS) is 10.7. The van der Waals surface area contributed by atoms with Crippen LogP contribution >= 0.6 is 15.9 Å². The zero-order chi connectivity index (χ0) is 14.5. The number of carbonyl (C=O) groups excluding carboxylic acids is 1. The molecular weight excluding hydrogens is 318 g/mol. The Morgan fingerprint density at radius 3 is 2.45 bits per heavy atom. The summed E-state index contributed by atoms with van der Waals surface area (Å²) in [6, 6.07) is 13.0. The van der Waals surface area contributed by atoms with Crippen LogP contribution in [-0.4, -0.2) is 13.0 Å². The van der Waals surface area contributed by atoms with Crippen LogP contribution in [0.4, 0.5) is 0 Å². The monoisotopic (exact) mass is 331 g/mol. The molecule has 2 rings (SSSR count). The third-order valence-corrected chi connectivity index (χ3v) is 3.37. The molecule has 0 unspecified atom stereocenters. The summed E-state index contributed by atoms with van der Waals surface area (Å²) < 4.78 is 6.31. The Hall–Kier alpha value is -2.07. The van der Waals surface area contributed by atoms with Gasteiger partial charge in [0, 0.05) is 15.6 Å². The number of halogens is 1. The average Bonchev–Trinajstić information content (AvgIpc) is 2.46. The first-order chi connectivity index (χ1) is 9.60. The molecule has 0 radical (unpaired) electrons. The van der Waals surface area contributed by atoms with Crippen molar-refractivity contribution in [1.82, 2.24) is 0 Å². The van der Waals surface area contributed by atoms with E-state index in [-0.39, 0.29) is 0 Å². The van der Waals surface area contributed by atoms with Crippen molar-refractivity contribution in [2.45, 2.75) is 0 Å². The number of benzene rings is 2. The largest absolute Gasteiger partial charge is 0.496 e. The number of hydrogen-bond acceptors (Lipinski definition) is 2. The second-order valence-corrected chi connectivity index (χ2v) is 5.12. The number of rotatable bonds is 4. The molecular formula is C16H14BrNO2. The minimum Gasteiger partial charge on any atom is -0.496 e. The summed E-state index contributed by atoms with van der Waals surface area (Å²) in [5.41, 5.74) is 7.62. The molecule has 2 N–H and O–H groups in total. The Kier molecular flexibility index (Phi) is 4.58. The van der Waals surface area contributed by atoms with Crippen molar-refractivity contribution in [3.05, 3.63) is 63.6 Å². The summed E-state index contributed by atoms with van der Waals surface area (Å²) in [6.45, 7) is 0. The van der Waals surface area contributed by atoms with Gasteiger partial charge in [-0.3, -0.25) is 4.79 Å². The SMILES string of the molecule is COc1ccc(C(N)=O)cc1C=Cc1ccc(Br)cc1. The highest BCUT2D eigenvalue weighted by Crippen LogP contribution is 2.22. The molecule has 0 atom stereocenters. The van der Waals surface area contributed by atoms with Gasteiger partial charge in [0.15, 0.2) is 0 Å². The molecule has 3 nitrogen and oxygen atoms in total. The van der Waals surface area contributed by atoms with Crippen LogP contribution in [0.5, 0.6) is 5.75 Å². The second-order valence-electron chi connectivity index (χ2n) is 4.21. The maximum absolute atomic E-state index is 11.2. The van der Waals surface area contributed by atoms with Gasteiger partial charge in [-0.25, -0.2) is 0 Å². The van der Waals surface area contributed by atoms with Crippen LogP contribution in [0.25, 0.3) is 12.2 Å². The van der Waals surface area contributed by atoms with Crippen LogP contribution in [0.1, 0.15) is 21.5 Å². The van der Waals surface area contributed by atoms with Gasteiger partial charge in [-0.1, -0.05) is 40.2 Å². The van der Waals surface area contributed by atoms with E-state index in [1.54, 1.807) is 25.3 Å². The van der Waals surface area contributed by atoms with Crippen molar-refractivity contribution in [1.29, 1.82) is 0 Å². The van der Waals surface area contributed by atoms with Crippen molar-refractivity contribution in [3.63, 3.8) is 0 Å². The van der Waals surface area contributed by atoms with E-state index in [1.807, 2.05) is 36.4 Å². The standard InChI is InChI=1S/C16H14BrNO2/c1-20-15-9-6-13(16(18)19)10-12(15)5-2-11-3-7-14(17)8-4-11/h2-10H,1H3,(H2,18,19). The summed E-state index contributed by atoms with van der Waals surface area (Å²) in [5.74, 6) is 0.245. The predicted molar refractivity (Wildman–Crippen MR) is 84.6 cm³/mol. The molecule has 4 heteroatoms. The number of nitrogens with two attached hydrogens (primary N) is 1. The van der Waals surface area contributed by atoms with Crippen LogP contribution in [0.3, 0.4) is 0 Å². The molecule has 2 aromatic rings. The summed E-state index contributed by atoms with van der Waals surface area (Å²) in [6.07, 6.45) is 3.85. The average molecular weight is 332 g/mol. The lowest BCUT2D eigenvalue weighted by molar-refractivity contribution is 0.1000. The molecule has 102 valence electrons. The Labute approximate surface area is 126 Å². The topological polar surface area (TPSA) is 52.3 Å². The Morgan fingerprint density at radius 1 is 1.15 bits per heavy atom. The van der Waals surface area contributed by atoms with E-state index in [9.17, 15) is 4.79 Å². The van der Waals surface area contributed by atoms with Gasteiger partial charge >= 0.3 is 0 Å². The van der Waals surface area contributed by atoms with Crippen molar-refractivity contribution in [2.24, 2.45) is 5.73 Å². The second kappa shape index (κ2) is 6.39. The molecule has 0 aliphatic rings. The van der Waals surface area contributed by atoms with E-state index >= 15 is 0 Å². The number of carbonyl (C=O) groups is 1. The minimum absolute atomic E-state index is 0.453. The first-order valence-electron chi connectivity index (χ1n) is 6.01. The third-order valence-electron chi connectivity index (χ3n) is 2.84. The van der Waals surface area contributed by atoms with Gasteiger partial charge in [0.25, 0.3) is 0 Å². The van der Waals surface area contributed by atoms with Gasteiger partial charge in [-0.05, 0) is 35.9 Å². The van der Waals surface area contributed by atoms with Crippen LogP contribution in [0, 0.1) is 0 Å². The molecule has 2 aromatic carbocycles. The Balaban J connectivity index is 2.33. The van der Waals surface area contributed by atoms with E-state index < -0.39 is 5.91 Å². The van der Waals surface area contributed by atoms with Crippen molar-refractivity contribution in [3.8, 4) is 5.75 Å². The smallest absolute Gasteiger partial charge is 0.248 e. The molecule has 0 saturated carbocycles. The van der Waals surface area contributed by atoms with Gasteiger partial charge < -0.3 is 10.5 Å². The molecule has 0 aliphatic carbocycles. The summed E-state index contributed by atoms with van der Waals surface area (Å²) in [4.78, 5) is 11.2. The molecule has 0 aromatic heterocycles. The number of methoxy groups -OCH3 is 1. The fraction of sp³-hybridized carbons (Fsp3) is 0.0625. The lowest BCUT2D eigenvalue weighted by atomic mass is 10.1. The maximum atomic E-state index is 11.2. The molecule has 0 fully saturated rings. The number of amides is 1. The summed E-state index contributed by atoms with van der Waals surface area (Å²) in [5, 5.41) is 0. The van der Waals surface area contributed by atoms with Gasteiger partial charge in [0.2, 0.25) is 5.91 Å². The zero-order valence-corrected chi connectivity index (χ0v) is 12.6. The van der Waals surface area contributed by atoms with E-state index in [0.29, 0.717) is 11.3 Å².